The van der Waals surface area contributed by atoms with Crippen LogP contribution in [0.2, 0.25) is 0 Å². The Hall–Kier alpha value is -2.23. The van der Waals surface area contributed by atoms with Gasteiger partial charge in [-0.15, -0.1) is 10.2 Å². The van der Waals surface area contributed by atoms with Crippen molar-refractivity contribution in [3.05, 3.63) is 29.8 Å². The van der Waals surface area contributed by atoms with E-state index >= 15 is 0 Å². The number of hydrogen-bond acceptors (Lipinski definition) is 5. The van der Waals surface area contributed by atoms with Crippen molar-refractivity contribution in [3.8, 4) is 11.4 Å². The van der Waals surface area contributed by atoms with Crippen molar-refractivity contribution in [1.82, 2.24) is 14.9 Å². The van der Waals surface area contributed by atoms with Gasteiger partial charge < -0.3 is 10.9 Å². The first-order valence-electron chi connectivity index (χ1n) is 5.52. The molecule has 112 valence electrons. The zero-order valence-corrected chi connectivity index (χ0v) is 11.1. The minimum Gasteiger partial charge on any atom is -0.481 e. The zero-order chi connectivity index (χ0) is 15.6. The van der Waals surface area contributed by atoms with Crippen LogP contribution in [0.25, 0.3) is 11.4 Å². The molecule has 1 aromatic heterocycles. The summed E-state index contributed by atoms with van der Waals surface area (Å²) in [6.45, 7) is 0. The van der Waals surface area contributed by atoms with E-state index in [2.05, 4.69) is 10.2 Å². The highest BCUT2D eigenvalue weighted by molar-refractivity contribution is 7.99. The zero-order valence-electron chi connectivity index (χ0n) is 10.3. The first-order valence-corrected chi connectivity index (χ1v) is 6.50. The first-order chi connectivity index (χ1) is 9.79. The Morgan fingerprint density at radius 1 is 1.29 bits per heavy atom. The number of carboxylic acid groups (broad SMARTS) is 1. The van der Waals surface area contributed by atoms with Crippen molar-refractivity contribution < 1.29 is 23.1 Å². The molecule has 1 aromatic carbocycles. The Kier molecular flexibility index (Phi) is 4.07. The fourth-order valence-corrected chi connectivity index (χ4v) is 2.08. The molecule has 1 heterocycles. The van der Waals surface area contributed by atoms with Crippen LogP contribution < -0.4 is 5.84 Å². The number of halogens is 3. The van der Waals surface area contributed by atoms with Gasteiger partial charge in [0.15, 0.2) is 5.82 Å². The number of hydrogen-bond donors (Lipinski definition) is 2. The molecule has 0 aliphatic heterocycles. The van der Waals surface area contributed by atoms with Crippen molar-refractivity contribution in [2.45, 2.75) is 11.3 Å². The number of nitrogen functional groups attached to an aromatic ring is 1. The van der Waals surface area contributed by atoms with E-state index < -0.39 is 17.7 Å². The summed E-state index contributed by atoms with van der Waals surface area (Å²) in [6.07, 6.45) is -4.42. The van der Waals surface area contributed by atoms with Gasteiger partial charge in [0.2, 0.25) is 5.16 Å². The largest absolute Gasteiger partial charge is 0.481 e. The summed E-state index contributed by atoms with van der Waals surface area (Å²) >= 11 is 0.863. The molecule has 0 aliphatic rings. The number of benzene rings is 1. The monoisotopic (exact) mass is 318 g/mol. The lowest BCUT2D eigenvalue weighted by Gasteiger charge is -2.07. The molecule has 0 bridgehead atoms. The summed E-state index contributed by atoms with van der Waals surface area (Å²) in [5.74, 6) is 4.56. The SMILES string of the molecule is Nn1c(SCC(=O)O)nnc1-c1ccc(C(F)(F)F)cc1. The van der Waals surface area contributed by atoms with E-state index in [1.807, 2.05) is 0 Å². The number of nitrogens with zero attached hydrogens (tertiary/aromatic N) is 3. The molecule has 0 amide bonds. The average Bonchev–Trinajstić information content (AvgIpc) is 2.77. The van der Waals surface area contributed by atoms with Crippen molar-refractivity contribution in [2.24, 2.45) is 0 Å². The van der Waals surface area contributed by atoms with Crippen LogP contribution in [0.3, 0.4) is 0 Å². The molecule has 0 fully saturated rings. The molecule has 2 aromatic rings. The smallest absolute Gasteiger partial charge is 0.416 e. The number of carboxylic acids is 1. The fraction of sp³-hybridized carbons (Fsp3) is 0.182. The first kappa shape index (κ1) is 15.2. The Morgan fingerprint density at radius 2 is 1.90 bits per heavy atom. The topological polar surface area (TPSA) is 94.0 Å². The predicted molar refractivity (Wildman–Crippen MR) is 69.0 cm³/mol. The Bertz CT molecular complexity index is 654. The van der Waals surface area contributed by atoms with E-state index in [-0.39, 0.29) is 16.7 Å². The van der Waals surface area contributed by atoms with Gasteiger partial charge in [0, 0.05) is 5.56 Å². The third-order valence-corrected chi connectivity index (χ3v) is 3.39. The third kappa shape index (κ3) is 3.45. The maximum atomic E-state index is 12.5. The van der Waals surface area contributed by atoms with Crippen LogP contribution in [0.4, 0.5) is 13.2 Å². The lowest BCUT2D eigenvalue weighted by Crippen LogP contribution is -2.12. The molecule has 0 saturated carbocycles. The molecule has 3 N–H and O–H groups in total. The summed E-state index contributed by atoms with van der Waals surface area (Å²) < 4.78 is 38.4. The summed E-state index contributed by atoms with van der Waals surface area (Å²) in [7, 11) is 0. The van der Waals surface area contributed by atoms with Gasteiger partial charge in [-0.05, 0) is 12.1 Å². The highest BCUT2D eigenvalue weighted by Crippen LogP contribution is 2.30. The van der Waals surface area contributed by atoms with E-state index in [0.29, 0.717) is 5.56 Å². The Morgan fingerprint density at radius 3 is 2.43 bits per heavy atom. The Labute approximate surface area is 120 Å². The summed E-state index contributed by atoms with van der Waals surface area (Å²) in [4.78, 5) is 10.5. The average molecular weight is 318 g/mol. The third-order valence-electron chi connectivity index (χ3n) is 2.46. The normalized spacial score (nSPS) is 11.6. The van der Waals surface area contributed by atoms with Crippen molar-refractivity contribution in [2.75, 3.05) is 11.6 Å². The number of thioether (sulfide) groups is 1. The van der Waals surface area contributed by atoms with E-state index in [1.54, 1.807) is 0 Å². The van der Waals surface area contributed by atoms with Crippen LogP contribution in [-0.4, -0.2) is 31.7 Å². The molecular formula is C11H9F3N4O2S. The minimum atomic E-state index is -4.42. The molecule has 21 heavy (non-hydrogen) atoms. The Balaban J connectivity index is 2.24. The number of carbonyl (C=O) groups is 1. The summed E-state index contributed by atoms with van der Waals surface area (Å²) in [5.41, 5.74) is -0.435. The molecule has 0 spiro atoms. The molecular weight excluding hydrogens is 309 g/mol. The van der Waals surface area contributed by atoms with Gasteiger partial charge in [0.05, 0.1) is 11.3 Å². The molecule has 0 aliphatic carbocycles. The molecule has 2 rings (SSSR count). The number of alkyl halides is 3. The van der Waals surface area contributed by atoms with Gasteiger partial charge in [-0.3, -0.25) is 4.79 Å². The molecule has 6 nitrogen and oxygen atoms in total. The summed E-state index contributed by atoms with van der Waals surface area (Å²) in [6, 6.07) is 4.27. The second kappa shape index (κ2) is 5.64. The number of aromatic nitrogens is 3. The molecule has 10 heteroatoms. The van der Waals surface area contributed by atoms with Gasteiger partial charge in [0.1, 0.15) is 0 Å². The van der Waals surface area contributed by atoms with Crippen LogP contribution in [0, 0.1) is 0 Å². The second-order valence-electron chi connectivity index (χ2n) is 3.93. The van der Waals surface area contributed by atoms with E-state index in [1.165, 1.54) is 12.1 Å². The minimum absolute atomic E-state index is 0.150. The summed E-state index contributed by atoms with van der Waals surface area (Å²) in [5, 5.41) is 16.2. The van der Waals surface area contributed by atoms with Crippen molar-refractivity contribution in [3.63, 3.8) is 0 Å². The number of aliphatic carboxylic acids is 1. The van der Waals surface area contributed by atoms with Crippen molar-refractivity contribution >= 4 is 17.7 Å². The molecule has 0 atom stereocenters. The maximum absolute atomic E-state index is 12.5. The van der Waals surface area contributed by atoms with Crippen LogP contribution in [-0.2, 0) is 11.0 Å². The number of rotatable bonds is 4. The van der Waals surface area contributed by atoms with Gasteiger partial charge in [-0.25, -0.2) is 4.68 Å². The van der Waals surface area contributed by atoms with Gasteiger partial charge >= 0.3 is 12.1 Å². The lowest BCUT2D eigenvalue weighted by molar-refractivity contribution is -0.137. The van der Waals surface area contributed by atoms with Crippen LogP contribution >= 0.6 is 11.8 Å². The quantitative estimate of drug-likeness (QED) is 0.660. The molecule has 0 saturated heterocycles. The maximum Gasteiger partial charge on any atom is 0.416 e. The predicted octanol–water partition coefficient (Wildman–Crippen LogP) is 1.85. The highest BCUT2D eigenvalue weighted by Gasteiger charge is 2.30. The van der Waals surface area contributed by atoms with Gasteiger partial charge in [-0.2, -0.15) is 13.2 Å². The molecule has 0 radical (unpaired) electrons. The number of nitrogens with two attached hydrogens (primary N) is 1. The van der Waals surface area contributed by atoms with Gasteiger partial charge in [-0.1, -0.05) is 23.9 Å². The van der Waals surface area contributed by atoms with Crippen LogP contribution in [0.1, 0.15) is 5.56 Å². The highest BCUT2D eigenvalue weighted by atomic mass is 32.2. The van der Waals surface area contributed by atoms with Crippen LogP contribution in [0.15, 0.2) is 29.4 Å². The van der Waals surface area contributed by atoms with Gasteiger partial charge in [0.25, 0.3) is 0 Å². The van der Waals surface area contributed by atoms with E-state index in [0.717, 1.165) is 28.6 Å². The van der Waals surface area contributed by atoms with E-state index in [9.17, 15) is 18.0 Å². The fourth-order valence-electron chi connectivity index (χ4n) is 1.51. The standard InChI is InChI=1S/C11H9F3N4O2S/c12-11(13,14)7-3-1-6(2-4-7)9-16-17-10(18(9)15)21-5-8(19)20/h1-4H,5,15H2,(H,19,20). The molecule has 0 unspecified atom stereocenters. The second-order valence-corrected chi connectivity index (χ2v) is 4.88. The van der Waals surface area contributed by atoms with E-state index in [4.69, 9.17) is 10.9 Å². The van der Waals surface area contributed by atoms with Crippen molar-refractivity contribution in [1.29, 1.82) is 0 Å². The van der Waals surface area contributed by atoms with Crippen LogP contribution in [0.5, 0.6) is 0 Å². The lowest BCUT2D eigenvalue weighted by atomic mass is 10.1.